The van der Waals surface area contributed by atoms with Crippen LogP contribution in [0.4, 0.5) is 20.4 Å². The highest BCUT2D eigenvalue weighted by Gasteiger charge is 2.53. The fourth-order valence-electron chi connectivity index (χ4n) is 5.19. The molecule has 233 valence electrons. The van der Waals surface area contributed by atoms with Gasteiger partial charge in [0.05, 0.1) is 33.3 Å². The number of phosphoric acid groups is 1. The van der Waals surface area contributed by atoms with Crippen LogP contribution >= 0.6 is 15.3 Å². The van der Waals surface area contributed by atoms with E-state index in [0.29, 0.717) is 0 Å². The number of rotatable bonds is 2. The molecule has 0 aliphatic carbocycles. The molecule has 0 aromatic carbocycles. The van der Waals surface area contributed by atoms with E-state index in [1.54, 1.807) is 0 Å². The van der Waals surface area contributed by atoms with E-state index in [4.69, 9.17) is 46.6 Å². The average molecular weight is 656 g/mol. The lowest BCUT2D eigenvalue weighted by molar-refractivity contribution is -0.0630. The summed E-state index contributed by atoms with van der Waals surface area (Å²) in [7, 11) is -4.02. The van der Waals surface area contributed by atoms with Crippen molar-refractivity contribution in [1.29, 1.82) is 0 Å². The number of nitrogens with zero attached hydrogens (tertiary/aromatic N) is 8. The van der Waals surface area contributed by atoms with Gasteiger partial charge in [-0.2, -0.15) is 0 Å². The molecule has 0 saturated carbocycles. The molecule has 3 saturated heterocycles. The van der Waals surface area contributed by atoms with Crippen LogP contribution < -0.4 is 11.5 Å². The second kappa shape index (κ2) is 10.7. The Morgan fingerprint density at radius 2 is 1.36 bits per heavy atom. The number of aromatic nitrogens is 8. The summed E-state index contributed by atoms with van der Waals surface area (Å²) < 4.78 is 92.6. The van der Waals surface area contributed by atoms with Gasteiger partial charge in [0.2, 0.25) is 0 Å². The zero-order chi connectivity index (χ0) is 31.0. The van der Waals surface area contributed by atoms with Crippen LogP contribution in [0, 0.1) is 0 Å². The first kappa shape index (κ1) is 29.5. The first-order valence-corrected chi connectivity index (χ1v) is 15.9. The quantitative estimate of drug-likeness (QED) is 0.196. The summed E-state index contributed by atoms with van der Waals surface area (Å²) in [6, 6.07) is 0. The molecular weight excluding hydrogens is 635 g/mol. The SMILES string of the molecule is [B-]P1(=O)OC[C@H]2O[C@@H](n3cnc4c(N)ncnc43)[C@H](OP(=O)(O)OC[C@H]3O[C@@H](n4cnc5c(N)ncnc54)[C@H](F)[C@@H]3O1)[C@@H]2F. The smallest absolute Gasteiger partial charge is 0.444 e. The van der Waals surface area contributed by atoms with Crippen LogP contribution in [-0.4, -0.2) is 101 Å². The molecule has 2 bridgehead atoms. The third kappa shape index (κ3) is 5.05. The second-order valence-electron chi connectivity index (χ2n) is 9.92. The fourth-order valence-corrected chi connectivity index (χ4v) is 7.12. The van der Waals surface area contributed by atoms with Gasteiger partial charge in [-0.1, -0.05) is 0 Å². The molecule has 4 aromatic heterocycles. The summed E-state index contributed by atoms with van der Waals surface area (Å²) in [5.41, 5.74) is 12.1. The molecule has 4 aromatic rings. The normalized spacial score (nSPS) is 38.3. The Labute approximate surface area is 245 Å². The lowest BCUT2D eigenvalue weighted by atomic mass is 10.1. The Morgan fingerprint density at radius 3 is 2.00 bits per heavy atom. The number of nitrogen functional groups attached to an aromatic ring is 2. The van der Waals surface area contributed by atoms with Gasteiger partial charge in [-0.3, -0.25) is 18.2 Å². The lowest BCUT2D eigenvalue weighted by Crippen LogP contribution is -2.34. The fraction of sp³-hybridized carbons (Fsp3) is 0.500. The van der Waals surface area contributed by atoms with Crippen LogP contribution in [-0.2, 0) is 36.7 Å². The van der Waals surface area contributed by atoms with E-state index in [1.807, 2.05) is 0 Å². The molecule has 3 radical (unpaired) electrons. The Hall–Kier alpha value is -3.20. The molecule has 5 N–H and O–H groups in total. The minimum absolute atomic E-state index is 0.00983. The molecule has 7 rings (SSSR count). The van der Waals surface area contributed by atoms with Gasteiger partial charge in [-0.25, -0.2) is 43.2 Å². The van der Waals surface area contributed by atoms with E-state index in [2.05, 4.69) is 29.9 Å². The molecule has 0 amide bonds. The van der Waals surface area contributed by atoms with Gasteiger partial charge in [0.25, 0.3) is 0 Å². The van der Waals surface area contributed by atoms with Crippen LogP contribution in [0.3, 0.4) is 0 Å². The molecule has 2 unspecified atom stereocenters. The van der Waals surface area contributed by atoms with E-state index in [9.17, 15) is 14.0 Å². The summed E-state index contributed by atoms with van der Waals surface area (Å²) in [4.78, 5) is 34.5. The van der Waals surface area contributed by atoms with Crippen molar-refractivity contribution in [3.63, 3.8) is 0 Å². The highest BCUT2D eigenvalue weighted by atomic mass is 31.2. The summed E-state index contributed by atoms with van der Waals surface area (Å²) in [5.74, 6) is 0.0269. The standard InChI is InChI=1S/C20H21BF2N10O9P2/c21-43(34)37-1-7-9(22)14(20(39-7)33-6-31-12-16(25)27-4-29-18(12)33)42-44(35,36)38-2-8-13(41-43)10(23)19(40-8)32-5-30-11-15(24)26-3-28-17(11)32/h3-10,13-14,19-20H,1-2H2,(H,35,36)(H2,24,26,28)(H2,25,27,29)/q-1/t7-,8-,9-,10-,13-,14-,19-,20-,43?/m1/s1. The lowest BCUT2D eigenvalue weighted by Gasteiger charge is -2.33. The van der Waals surface area contributed by atoms with E-state index < -0.39 is 77.7 Å². The molecule has 10 atom stereocenters. The predicted molar refractivity (Wildman–Crippen MR) is 142 cm³/mol. The van der Waals surface area contributed by atoms with Gasteiger partial charge in [0.1, 0.15) is 48.1 Å². The van der Waals surface area contributed by atoms with Gasteiger partial charge in [-0.05, 0) is 0 Å². The highest BCUT2D eigenvalue weighted by molar-refractivity contribution is 7.79. The summed E-state index contributed by atoms with van der Waals surface area (Å²) in [6.45, 7) is -1.66. The number of anilines is 2. The summed E-state index contributed by atoms with van der Waals surface area (Å²) in [5, 5.41) is 0. The zero-order valence-corrected chi connectivity index (χ0v) is 23.8. The molecule has 0 spiro atoms. The van der Waals surface area contributed by atoms with Gasteiger partial charge in [0, 0.05) is 0 Å². The number of imidazole rings is 2. The maximum Gasteiger partial charge on any atom is 0.472 e. The third-order valence-corrected chi connectivity index (χ3v) is 9.23. The number of fused-ring (bicyclic) bond motifs is 5. The number of alkyl halides is 2. The predicted octanol–water partition coefficient (Wildman–Crippen LogP) is 0.496. The van der Waals surface area contributed by atoms with Gasteiger partial charge in [0.15, 0.2) is 47.7 Å². The van der Waals surface area contributed by atoms with Crippen molar-refractivity contribution >= 4 is 56.8 Å². The first-order chi connectivity index (χ1) is 20.9. The molecule has 24 heteroatoms. The Balaban J connectivity index is 1.20. The molecule has 7 heterocycles. The van der Waals surface area contributed by atoms with Gasteiger partial charge >= 0.3 is 7.82 Å². The van der Waals surface area contributed by atoms with Crippen LogP contribution in [0.5, 0.6) is 0 Å². The molecule has 3 aliphatic heterocycles. The van der Waals surface area contributed by atoms with Crippen molar-refractivity contribution in [2.75, 3.05) is 24.7 Å². The first-order valence-electron chi connectivity index (χ1n) is 12.7. The number of ether oxygens (including phenoxy) is 2. The second-order valence-corrected chi connectivity index (χ2v) is 12.9. The minimum atomic E-state index is -5.14. The number of phosphoric ester groups is 1. The number of halogens is 2. The monoisotopic (exact) mass is 656 g/mol. The number of hydrogen-bond donors (Lipinski definition) is 3. The Bertz CT molecular complexity index is 1840. The van der Waals surface area contributed by atoms with E-state index in [-0.39, 0.29) is 34.0 Å². The minimum Gasteiger partial charge on any atom is -0.444 e. The third-order valence-electron chi connectivity index (χ3n) is 7.20. The van der Waals surface area contributed by atoms with Crippen molar-refractivity contribution in [2.45, 2.75) is 49.2 Å². The average Bonchev–Trinajstić information content (AvgIpc) is 3.73. The Morgan fingerprint density at radius 1 is 0.795 bits per heavy atom. The number of nitrogens with two attached hydrogens (primary N) is 2. The van der Waals surface area contributed by atoms with Crippen molar-refractivity contribution in [2.24, 2.45) is 0 Å². The van der Waals surface area contributed by atoms with Crippen molar-refractivity contribution in [3.8, 4) is 0 Å². The van der Waals surface area contributed by atoms with Gasteiger partial charge < -0.3 is 47.0 Å². The van der Waals surface area contributed by atoms with Crippen LogP contribution in [0.15, 0.2) is 25.3 Å². The topological polar surface area (TPSA) is 249 Å². The molecule has 19 nitrogen and oxygen atoms in total. The summed E-state index contributed by atoms with van der Waals surface area (Å²) in [6.07, 6.45) is -9.36. The van der Waals surface area contributed by atoms with Crippen molar-refractivity contribution < 1.29 is 50.4 Å². The maximum absolute atomic E-state index is 15.9. The van der Waals surface area contributed by atoms with E-state index in [0.717, 1.165) is 12.7 Å². The van der Waals surface area contributed by atoms with Crippen LogP contribution in [0.2, 0.25) is 0 Å². The summed E-state index contributed by atoms with van der Waals surface area (Å²) >= 11 is 0. The highest BCUT2D eigenvalue weighted by Crippen LogP contribution is 2.54. The van der Waals surface area contributed by atoms with Crippen molar-refractivity contribution in [3.05, 3.63) is 25.3 Å². The van der Waals surface area contributed by atoms with Crippen LogP contribution in [0.1, 0.15) is 12.5 Å². The van der Waals surface area contributed by atoms with Crippen molar-refractivity contribution in [1.82, 2.24) is 39.0 Å². The largest absolute Gasteiger partial charge is 0.472 e. The van der Waals surface area contributed by atoms with Crippen LogP contribution in [0.25, 0.3) is 22.3 Å². The molecular formula is C20H21BF2N10O9P2-. The zero-order valence-electron chi connectivity index (χ0n) is 22.0. The number of hydrogen-bond acceptors (Lipinski definition) is 16. The maximum atomic E-state index is 15.9. The Kier molecular flexibility index (Phi) is 7.18. The van der Waals surface area contributed by atoms with E-state index >= 15 is 8.78 Å². The molecule has 44 heavy (non-hydrogen) atoms. The van der Waals surface area contributed by atoms with Gasteiger partial charge in [-0.15, -0.1) is 0 Å². The molecule has 3 aliphatic rings. The molecule has 3 fully saturated rings. The van der Waals surface area contributed by atoms with E-state index in [1.165, 1.54) is 21.8 Å².